The molecule has 0 unspecified atom stereocenters. The topological polar surface area (TPSA) is 78.8 Å². The van der Waals surface area contributed by atoms with Crippen molar-refractivity contribution in [3.8, 4) is 0 Å². The highest BCUT2D eigenvalue weighted by atomic mass is 32.2. The highest BCUT2D eigenvalue weighted by Crippen LogP contribution is 2.30. The zero-order valence-electron chi connectivity index (χ0n) is 13.7. The number of hydrogen-bond acceptors (Lipinski definition) is 6. The number of anilines is 1. The van der Waals surface area contributed by atoms with Crippen LogP contribution in [-0.4, -0.2) is 34.8 Å². The van der Waals surface area contributed by atoms with Crippen molar-refractivity contribution in [2.75, 3.05) is 31.3 Å². The maximum Gasteiger partial charge on any atom is 0.241 e. The molecule has 0 atom stereocenters. The molecular weight excluding hydrogens is 346 g/mol. The van der Waals surface area contributed by atoms with Gasteiger partial charge in [-0.2, -0.15) is 0 Å². The van der Waals surface area contributed by atoms with Crippen LogP contribution in [0.25, 0.3) is 10.8 Å². The van der Waals surface area contributed by atoms with Crippen LogP contribution < -0.4 is 9.62 Å². The van der Waals surface area contributed by atoms with Gasteiger partial charge < -0.3 is 4.90 Å². The minimum atomic E-state index is -3.58. The summed E-state index contributed by atoms with van der Waals surface area (Å²) < 4.78 is 30.6. The number of benzene rings is 2. The summed E-state index contributed by atoms with van der Waals surface area (Å²) >= 11 is 0.956. The maximum atomic E-state index is 12.6. The average molecular weight is 367 g/mol. The first-order chi connectivity index (χ1) is 11.5. The van der Waals surface area contributed by atoms with Gasteiger partial charge in [0.1, 0.15) is 0 Å². The van der Waals surface area contributed by atoms with Crippen LogP contribution in [-0.2, 0) is 10.0 Å². The lowest BCUT2D eigenvalue weighted by molar-refractivity contribution is 0.579. The quantitative estimate of drug-likeness (QED) is 0.418. The Hall–Kier alpha value is -1.64. The van der Waals surface area contributed by atoms with Crippen LogP contribution in [0.15, 0.2) is 45.9 Å². The number of hydrogen-bond donors (Lipinski definition) is 1. The van der Waals surface area contributed by atoms with Gasteiger partial charge in [0.25, 0.3) is 0 Å². The van der Waals surface area contributed by atoms with Crippen LogP contribution in [0.1, 0.15) is 12.8 Å². The van der Waals surface area contributed by atoms with Gasteiger partial charge in [0.05, 0.1) is 4.90 Å². The van der Waals surface area contributed by atoms with Gasteiger partial charge in [-0.1, -0.05) is 24.3 Å². The Morgan fingerprint density at radius 1 is 1.08 bits per heavy atom. The largest absolute Gasteiger partial charge is 0.377 e. The number of nitroso groups, excluding NO2 is 1. The first-order valence-corrected chi connectivity index (χ1v) is 10.0. The number of nitrogens with zero attached hydrogens (tertiary/aromatic N) is 2. The minimum Gasteiger partial charge on any atom is -0.377 e. The third-order valence-electron chi connectivity index (χ3n) is 3.64. The van der Waals surface area contributed by atoms with Crippen LogP contribution in [0.4, 0.5) is 5.69 Å². The van der Waals surface area contributed by atoms with Gasteiger partial charge in [0, 0.05) is 59.4 Å². The summed E-state index contributed by atoms with van der Waals surface area (Å²) in [6.07, 6.45) is 1.40. The Bertz CT molecular complexity index is 807. The van der Waals surface area contributed by atoms with Crippen molar-refractivity contribution in [2.24, 2.45) is 4.58 Å². The van der Waals surface area contributed by atoms with Gasteiger partial charge in [-0.15, -0.1) is 4.91 Å². The molecular formula is C16H21N3O3S2. The molecule has 24 heavy (non-hydrogen) atoms. The lowest BCUT2D eigenvalue weighted by Crippen LogP contribution is -2.25. The predicted octanol–water partition coefficient (Wildman–Crippen LogP) is 3.38. The van der Waals surface area contributed by atoms with Crippen molar-refractivity contribution in [3.63, 3.8) is 0 Å². The van der Waals surface area contributed by atoms with Gasteiger partial charge in [-0.05, 0) is 25.0 Å². The molecule has 0 aliphatic carbocycles. The lowest BCUT2D eigenvalue weighted by Gasteiger charge is -2.17. The summed E-state index contributed by atoms with van der Waals surface area (Å²) in [5, 5.41) is 1.61. The van der Waals surface area contributed by atoms with Crippen LogP contribution in [0.2, 0.25) is 0 Å². The minimum absolute atomic E-state index is 0.285. The molecule has 0 aliphatic heterocycles. The van der Waals surface area contributed by atoms with E-state index in [2.05, 4.69) is 9.30 Å². The molecule has 0 saturated heterocycles. The number of nitrogens with one attached hydrogen (secondary N) is 1. The monoisotopic (exact) mass is 367 g/mol. The zero-order valence-corrected chi connectivity index (χ0v) is 15.4. The van der Waals surface area contributed by atoms with E-state index >= 15 is 0 Å². The van der Waals surface area contributed by atoms with Crippen LogP contribution in [0, 0.1) is 4.91 Å². The van der Waals surface area contributed by atoms with Crippen LogP contribution in [0.3, 0.4) is 0 Å². The molecule has 0 aliphatic rings. The van der Waals surface area contributed by atoms with Crippen molar-refractivity contribution >= 4 is 38.4 Å². The third-order valence-corrected chi connectivity index (χ3v) is 5.73. The summed E-state index contributed by atoms with van der Waals surface area (Å²) in [5.41, 5.74) is 0.975. The van der Waals surface area contributed by atoms with E-state index in [-0.39, 0.29) is 4.90 Å². The number of sulfonamides is 1. The molecule has 1 N–H and O–H groups in total. The van der Waals surface area contributed by atoms with E-state index in [4.69, 9.17) is 0 Å². The molecule has 2 rings (SSSR count). The van der Waals surface area contributed by atoms with Gasteiger partial charge in [-0.25, -0.2) is 13.1 Å². The maximum absolute atomic E-state index is 12.6. The van der Waals surface area contributed by atoms with E-state index in [0.717, 1.165) is 29.4 Å². The molecule has 130 valence electrons. The second-order valence-corrected chi connectivity index (χ2v) is 8.09. The Morgan fingerprint density at radius 2 is 1.79 bits per heavy atom. The summed E-state index contributed by atoms with van der Waals surface area (Å²) in [7, 11) is 0.279. The lowest BCUT2D eigenvalue weighted by atomic mass is 10.1. The van der Waals surface area contributed by atoms with Gasteiger partial charge in [0.15, 0.2) is 0 Å². The predicted molar refractivity (Wildman–Crippen MR) is 101 cm³/mol. The Morgan fingerprint density at radius 3 is 2.50 bits per heavy atom. The molecule has 0 saturated carbocycles. The summed E-state index contributed by atoms with van der Waals surface area (Å²) in [6.45, 7) is 0.339. The van der Waals surface area contributed by atoms with E-state index in [0.29, 0.717) is 24.1 Å². The Labute approximate surface area is 146 Å². The van der Waals surface area contributed by atoms with Crippen molar-refractivity contribution in [3.05, 3.63) is 41.3 Å². The summed E-state index contributed by atoms with van der Waals surface area (Å²) in [5.74, 6) is 0.603. The van der Waals surface area contributed by atoms with E-state index in [1.165, 1.54) is 0 Å². The molecule has 0 fully saturated rings. The first-order valence-electron chi connectivity index (χ1n) is 7.61. The second-order valence-electron chi connectivity index (χ2n) is 5.54. The van der Waals surface area contributed by atoms with E-state index < -0.39 is 10.0 Å². The van der Waals surface area contributed by atoms with Crippen molar-refractivity contribution in [1.82, 2.24) is 4.72 Å². The molecule has 0 heterocycles. The SMILES string of the molecule is CN(C)c1cccc2c(S(=O)(=O)NCCCCSN=O)cccc12. The fraction of sp³-hybridized carbons (Fsp3) is 0.375. The molecule has 0 spiro atoms. The number of fused-ring (bicyclic) bond motifs is 1. The molecule has 2 aromatic rings. The van der Waals surface area contributed by atoms with E-state index in [9.17, 15) is 13.3 Å². The highest BCUT2D eigenvalue weighted by Gasteiger charge is 2.17. The smallest absolute Gasteiger partial charge is 0.241 e. The average Bonchev–Trinajstić information content (AvgIpc) is 2.56. The third kappa shape index (κ3) is 4.46. The standard InChI is InChI=1S/C16H21N3O3S2/c1-19(2)15-9-5-8-14-13(15)7-6-10-16(14)24(21,22)17-11-3-4-12-23-18-20/h5-10,17H,3-4,11-12H2,1-2H3. The second kappa shape index (κ2) is 8.46. The molecule has 8 heteroatoms. The molecule has 0 radical (unpaired) electrons. The molecule has 0 aromatic heterocycles. The van der Waals surface area contributed by atoms with Crippen molar-refractivity contribution in [2.45, 2.75) is 17.7 Å². The van der Waals surface area contributed by atoms with Crippen molar-refractivity contribution in [1.29, 1.82) is 0 Å². The number of rotatable bonds is 9. The van der Waals surface area contributed by atoms with Gasteiger partial charge >= 0.3 is 0 Å². The fourth-order valence-corrected chi connectivity index (χ4v) is 4.20. The Kier molecular flexibility index (Phi) is 6.59. The molecule has 6 nitrogen and oxygen atoms in total. The first kappa shape index (κ1) is 18.7. The summed E-state index contributed by atoms with van der Waals surface area (Å²) in [4.78, 5) is 12.2. The Balaban J connectivity index is 2.21. The van der Waals surface area contributed by atoms with Gasteiger partial charge in [0.2, 0.25) is 10.0 Å². The fourth-order valence-electron chi connectivity index (χ4n) is 2.50. The summed E-state index contributed by atoms with van der Waals surface area (Å²) in [6, 6.07) is 11.0. The van der Waals surface area contributed by atoms with Gasteiger partial charge in [-0.3, -0.25) is 0 Å². The molecule has 0 amide bonds. The number of unbranched alkanes of at least 4 members (excludes halogenated alkanes) is 1. The van der Waals surface area contributed by atoms with Crippen molar-refractivity contribution < 1.29 is 8.42 Å². The molecule has 2 aromatic carbocycles. The molecule has 0 bridgehead atoms. The van der Waals surface area contributed by atoms with E-state index in [1.54, 1.807) is 12.1 Å². The van der Waals surface area contributed by atoms with Crippen LogP contribution >= 0.6 is 11.9 Å². The van der Waals surface area contributed by atoms with E-state index in [1.807, 2.05) is 43.3 Å². The highest BCUT2D eigenvalue weighted by molar-refractivity contribution is 7.97. The van der Waals surface area contributed by atoms with Crippen LogP contribution in [0.5, 0.6) is 0 Å². The normalized spacial score (nSPS) is 11.6. The zero-order chi connectivity index (χ0) is 17.6.